The molecule has 1 heterocycles. The van der Waals surface area contributed by atoms with Gasteiger partial charge in [-0.1, -0.05) is 19.1 Å². The number of carbonyl (C=O) groups excluding carboxylic acids is 1. The Bertz CT molecular complexity index is 640. The van der Waals surface area contributed by atoms with Crippen molar-refractivity contribution < 1.29 is 18.7 Å². The van der Waals surface area contributed by atoms with E-state index in [0.29, 0.717) is 29.2 Å². The molecule has 1 aromatic heterocycles. The summed E-state index contributed by atoms with van der Waals surface area (Å²) in [6.07, 6.45) is 2.47. The number of ether oxygens (including phenoxy) is 2. The number of rotatable bonds is 7. The normalized spacial score (nSPS) is 10.5. The van der Waals surface area contributed by atoms with E-state index >= 15 is 0 Å². The predicted molar refractivity (Wildman–Crippen MR) is 79.4 cm³/mol. The fourth-order valence-corrected chi connectivity index (χ4v) is 2.01. The Morgan fingerprint density at radius 3 is 2.82 bits per heavy atom. The topological polar surface area (TPSA) is 53.4 Å². The van der Waals surface area contributed by atoms with Crippen molar-refractivity contribution in [1.29, 1.82) is 0 Å². The minimum atomic E-state index is -0.671. The SMILES string of the molecule is CCCOC(=O)c1cccc(CF)c1COc1ccn(C)n1. The Morgan fingerprint density at radius 2 is 2.18 bits per heavy atom. The van der Waals surface area contributed by atoms with Gasteiger partial charge in [0, 0.05) is 24.9 Å². The summed E-state index contributed by atoms with van der Waals surface area (Å²) in [5.41, 5.74) is 1.25. The molecular formula is C16H19FN2O3. The molecule has 0 atom stereocenters. The molecule has 0 saturated heterocycles. The monoisotopic (exact) mass is 306 g/mol. The highest BCUT2D eigenvalue weighted by Crippen LogP contribution is 2.20. The number of hydrogen-bond donors (Lipinski definition) is 0. The Labute approximate surface area is 128 Å². The van der Waals surface area contributed by atoms with Crippen LogP contribution in [0.3, 0.4) is 0 Å². The van der Waals surface area contributed by atoms with E-state index in [1.54, 1.807) is 42.2 Å². The molecule has 0 saturated carbocycles. The average molecular weight is 306 g/mol. The Morgan fingerprint density at radius 1 is 1.36 bits per heavy atom. The van der Waals surface area contributed by atoms with Crippen LogP contribution in [0.15, 0.2) is 30.5 Å². The molecule has 0 radical (unpaired) electrons. The van der Waals surface area contributed by atoms with Gasteiger partial charge in [0.1, 0.15) is 13.3 Å². The van der Waals surface area contributed by atoms with E-state index in [1.165, 1.54) is 0 Å². The lowest BCUT2D eigenvalue weighted by Crippen LogP contribution is -2.12. The van der Waals surface area contributed by atoms with Crippen LogP contribution in [0.4, 0.5) is 4.39 Å². The lowest BCUT2D eigenvalue weighted by Gasteiger charge is -2.13. The number of nitrogens with zero attached hydrogens (tertiary/aromatic N) is 2. The van der Waals surface area contributed by atoms with Crippen molar-refractivity contribution in [3.63, 3.8) is 0 Å². The fraction of sp³-hybridized carbons (Fsp3) is 0.375. The van der Waals surface area contributed by atoms with Gasteiger partial charge in [0.15, 0.2) is 0 Å². The largest absolute Gasteiger partial charge is 0.472 e. The van der Waals surface area contributed by atoms with Crippen LogP contribution >= 0.6 is 0 Å². The van der Waals surface area contributed by atoms with Gasteiger partial charge in [0.05, 0.1) is 12.2 Å². The molecule has 2 aromatic rings. The van der Waals surface area contributed by atoms with Crippen LogP contribution in [0.25, 0.3) is 0 Å². The molecular weight excluding hydrogens is 287 g/mol. The summed E-state index contributed by atoms with van der Waals surface area (Å²) >= 11 is 0. The zero-order chi connectivity index (χ0) is 15.9. The van der Waals surface area contributed by atoms with Crippen LogP contribution in [-0.4, -0.2) is 22.4 Å². The van der Waals surface area contributed by atoms with Crippen LogP contribution in [0.1, 0.15) is 34.8 Å². The minimum Gasteiger partial charge on any atom is -0.472 e. The molecule has 0 amide bonds. The average Bonchev–Trinajstić information content (AvgIpc) is 2.95. The van der Waals surface area contributed by atoms with Crippen molar-refractivity contribution in [2.45, 2.75) is 26.6 Å². The number of halogens is 1. The lowest BCUT2D eigenvalue weighted by atomic mass is 10.0. The Hall–Kier alpha value is -2.37. The smallest absolute Gasteiger partial charge is 0.338 e. The van der Waals surface area contributed by atoms with Crippen molar-refractivity contribution in [1.82, 2.24) is 9.78 Å². The van der Waals surface area contributed by atoms with Gasteiger partial charge in [-0.15, -0.1) is 5.10 Å². The van der Waals surface area contributed by atoms with Crippen LogP contribution in [0.5, 0.6) is 5.88 Å². The van der Waals surface area contributed by atoms with Crippen molar-refractivity contribution in [2.75, 3.05) is 6.61 Å². The molecule has 2 rings (SSSR count). The molecule has 6 heteroatoms. The molecule has 0 aliphatic heterocycles. The van der Waals surface area contributed by atoms with E-state index in [4.69, 9.17) is 9.47 Å². The highest BCUT2D eigenvalue weighted by atomic mass is 19.1. The number of esters is 1. The summed E-state index contributed by atoms with van der Waals surface area (Å²) in [7, 11) is 1.77. The van der Waals surface area contributed by atoms with Gasteiger partial charge in [-0.2, -0.15) is 0 Å². The minimum absolute atomic E-state index is 0.0632. The summed E-state index contributed by atoms with van der Waals surface area (Å²) in [5.74, 6) is -0.0409. The summed E-state index contributed by atoms with van der Waals surface area (Å²) in [4.78, 5) is 12.1. The molecule has 1 aromatic carbocycles. The molecule has 0 aliphatic carbocycles. The van der Waals surface area contributed by atoms with E-state index in [0.717, 1.165) is 6.42 Å². The van der Waals surface area contributed by atoms with Gasteiger partial charge in [0.2, 0.25) is 5.88 Å². The number of aryl methyl sites for hydroxylation is 1. The van der Waals surface area contributed by atoms with Crippen LogP contribution < -0.4 is 4.74 Å². The maximum Gasteiger partial charge on any atom is 0.338 e. The Balaban J connectivity index is 2.20. The standard InChI is InChI=1S/C16H19FN2O3/c1-3-9-21-16(20)13-6-4-5-12(10-17)14(13)11-22-15-7-8-19(2)18-15/h4-8H,3,9-11H2,1-2H3. The first-order valence-electron chi connectivity index (χ1n) is 7.12. The van der Waals surface area contributed by atoms with Crippen LogP contribution in [0.2, 0.25) is 0 Å². The van der Waals surface area contributed by atoms with E-state index < -0.39 is 12.6 Å². The number of aromatic nitrogens is 2. The summed E-state index contributed by atoms with van der Waals surface area (Å²) < 4.78 is 25.5. The molecule has 0 bridgehead atoms. The van der Waals surface area contributed by atoms with E-state index in [2.05, 4.69) is 5.10 Å². The van der Waals surface area contributed by atoms with Gasteiger partial charge in [-0.25, -0.2) is 9.18 Å². The molecule has 0 unspecified atom stereocenters. The maximum absolute atomic E-state index is 13.2. The van der Waals surface area contributed by atoms with Crippen molar-refractivity contribution in [3.05, 3.63) is 47.2 Å². The number of alkyl halides is 1. The fourth-order valence-electron chi connectivity index (χ4n) is 2.01. The third kappa shape index (κ3) is 3.84. The first-order chi connectivity index (χ1) is 10.7. The van der Waals surface area contributed by atoms with Crippen LogP contribution in [0, 0.1) is 0 Å². The molecule has 0 spiro atoms. The second kappa shape index (κ2) is 7.59. The molecule has 0 N–H and O–H groups in total. The molecule has 0 aliphatic rings. The molecule has 118 valence electrons. The quantitative estimate of drug-likeness (QED) is 0.738. The molecule has 0 fully saturated rings. The molecule has 22 heavy (non-hydrogen) atoms. The van der Waals surface area contributed by atoms with Crippen molar-refractivity contribution >= 4 is 5.97 Å². The van der Waals surface area contributed by atoms with Gasteiger partial charge < -0.3 is 9.47 Å². The number of benzene rings is 1. The van der Waals surface area contributed by atoms with E-state index in [9.17, 15) is 9.18 Å². The zero-order valence-corrected chi connectivity index (χ0v) is 12.7. The number of carbonyl (C=O) groups is 1. The zero-order valence-electron chi connectivity index (χ0n) is 12.7. The second-order valence-electron chi connectivity index (χ2n) is 4.83. The van der Waals surface area contributed by atoms with Gasteiger partial charge in [-0.3, -0.25) is 4.68 Å². The van der Waals surface area contributed by atoms with Gasteiger partial charge in [-0.05, 0) is 18.1 Å². The van der Waals surface area contributed by atoms with E-state index in [-0.39, 0.29) is 6.61 Å². The van der Waals surface area contributed by atoms with E-state index in [1.807, 2.05) is 6.92 Å². The third-order valence-corrected chi connectivity index (χ3v) is 3.13. The molecule has 5 nitrogen and oxygen atoms in total. The maximum atomic E-state index is 13.2. The van der Waals surface area contributed by atoms with Gasteiger partial charge >= 0.3 is 5.97 Å². The highest BCUT2D eigenvalue weighted by Gasteiger charge is 2.17. The first kappa shape index (κ1) is 16.0. The highest BCUT2D eigenvalue weighted by molar-refractivity contribution is 5.91. The van der Waals surface area contributed by atoms with Gasteiger partial charge in [0.25, 0.3) is 0 Å². The second-order valence-corrected chi connectivity index (χ2v) is 4.83. The first-order valence-corrected chi connectivity index (χ1v) is 7.12. The van der Waals surface area contributed by atoms with Crippen LogP contribution in [-0.2, 0) is 25.1 Å². The number of hydrogen-bond acceptors (Lipinski definition) is 4. The predicted octanol–water partition coefficient (Wildman–Crippen LogP) is 3.04. The Kier molecular flexibility index (Phi) is 5.52. The van der Waals surface area contributed by atoms with Crippen molar-refractivity contribution in [3.8, 4) is 5.88 Å². The summed E-state index contributed by atoms with van der Waals surface area (Å²) in [5, 5.41) is 4.09. The lowest BCUT2D eigenvalue weighted by molar-refractivity contribution is 0.0501. The van der Waals surface area contributed by atoms with Crippen molar-refractivity contribution in [2.24, 2.45) is 7.05 Å². The summed E-state index contributed by atoms with van der Waals surface area (Å²) in [6.45, 7) is 1.64. The third-order valence-electron chi connectivity index (χ3n) is 3.13. The summed E-state index contributed by atoms with van der Waals surface area (Å²) in [6, 6.07) is 6.59.